The van der Waals surface area contributed by atoms with Crippen LogP contribution in [0.1, 0.15) is 5.56 Å². The molecule has 0 aromatic heterocycles. The standard InChI is InChI=1S/C11H9ClN2O6S/c12-21(17,18)11-6-5-10(20-11)13-19-7-8-1-3-9(4-2-8)14(15)16/h1-6,11H,7H2/b13-10-. The monoisotopic (exact) mass is 332 g/mol. The van der Waals surface area contributed by atoms with Crippen molar-refractivity contribution in [2.75, 3.05) is 0 Å². The summed E-state index contributed by atoms with van der Waals surface area (Å²) in [6.07, 6.45) is 2.55. The Labute approximate surface area is 124 Å². The van der Waals surface area contributed by atoms with Crippen LogP contribution in [0, 0.1) is 10.1 Å². The minimum atomic E-state index is -3.86. The molecule has 1 unspecified atom stereocenters. The highest BCUT2D eigenvalue weighted by Gasteiger charge is 2.27. The zero-order valence-electron chi connectivity index (χ0n) is 10.4. The third-order valence-electron chi connectivity index (χ3n) is 2.44. The first-order chi connectivity index (χ1) is 9.86. The van der Waals surface area contributed by atoms with Crippen molar-refractivity contribution in [3.63, 3.8) is 0 Å². The van der Waals surface area contributed by atoms with Crippen molar-refractivity contribution < 1.29 is 22.9 Å². The van der Waals surface area contributed by atoms with E-state index in [4.69, 9.17) is 20.3 Å². The summed E-state index contributed by atoms with van der Waals surface area (Å²) < 4.78 is 26.9. The van der Waals surface area contributed by atoms with Gasteiger partial charge in [-0.25, -0.2) is 8.42 Å². The Kier molecular flexibility index (Phi) is 4.43. The maximum absolute atomic E-state index is 11.0. The molecule has 112 valence electrons. The lowest BCUT2D eigenvalue weighted by Crippen LogP contribution is -2.15. The lowest BCUT2D eigenvalue weighted by Gasteiger charge is -2.05. The van der Waals surface area contributed by atoms with Gasteiger partial charge in [-0.1, -0.05) is 0 Å². The van der Waals surface area contributed by atoms with Gasteiger partial charge in [-0.2, -0.15) is 0 Å². The second-order valence-electron chi connectivity index (χ2n) is 3.95. The number of halogens is 1. The van der Waals surface area contributed by atoms with Gasteiger partial charge in [0.15, 0.2) is 0 Å². The van der Waals surface area contributed by atoms with Gasteiger partial charge in [0.05, 0.1) is 4.92 Å². The lowest BCUT2D eigenvalue weighted by atomic mass is 10.2. The van der Waals surface area contributed by atoms with Crippen molar-refractivity contribution in [3.05, 3.63) is 52.1 Å². The normalized spacial score (nSPS) is 19.5. The van der Waals surface area contributed by atoms with Gasteiger partial charge in [0, 0.05) is 28.9 Å². The summed E-state index contributed by atoms with van der Waals surface area (Å²) in [5.74, 6) is -0.0221. The Bertz CT molecular complexity index is 698. The Hall–Kier alpha value is -2.13. The number of nitro benzene ring substituents is 1. The number of nitro groups is 1. The molecule has 1 aliphatic rings. The van der Waals surface area contributed by atoms with E-state index in [1.807, 2.05) is 0 Å². The van der Waals surface area contributed by atoms with Crippen molar-refractivity contribution in [2.45, 2.75) is 12.0 Å². The second-order valence-corrected chi connectivity index (χ2v) is 6.65. The highest BCUT2D eigenvalue weighted by Crippen LogP contribution is 2.17. The van der Waals surface area contributed by atoms with Crippen LogP contribution in [0.4, 0.5) is 5.69 Å². The molecular formula is C11H9ClN2O6S. The van der Waals surface area contributed by atoms with Crippen molar-refractivity contribution in [1.82, 2.24) is 0 Å². The Morgan fingerprint density at radius 1 is 1.38 bits per heavy atom. The van der Waals surface area contributed by atoms with Crippen molar-refractivity contribution in [1.29, 1.82) is 0 Å². The van der Waals surface area contributed by atoms with E-state index in [-0.39, 0.29) is 18.2 Å². The summed E-state index contributed by atoms with van der Waals surface area (Å²) in [5.41, 5.74) is -0.642. The number of rotatable bonds is 5. The third-order valence-corrected chi connectivity index (χ3v) is 3.78. The van der Waals surface area contributed by atoms with Gasteiger partial charge in [-0.15, -0.1) is 0 Å². The van der Waals surface area contributed by atoms with Crippen molar-refractivity contribution >= 4 is 31.3 Å². The van der Waals surface area contributed by atoms with Crippen molar-refractivity contribution in [3.8, 4) is 0 Å². The molecule has 0 aliphatic carbocycles. The van der Waals surface area contributed by atoms with Crippen LogP contribution in [-0.2, 0) is 25.2 Å². The molecule has 1 aliphatic heterocycles. The van der Waals surface area contributed by atoms with E-state index in [1.165, 1.54) is 36.4 Å². The van der Waals surface area contributed by atoms with Crippen LogP contribution in [0.3, 0.4) is 0 Å². The van der Waals surface area contributed by atoms with Crippen LogP contribution < -0.4 is 0 Å². The summed E-state index contributed by atoms with van der Waals surface area (Å²) in [5, 5.41) is 14.1. The smallest absolute Gasteiger partial charge is 0.274 e. The van der Waals surface area contributed by atoms with Gasteiger partial charge in [0.1, 0.15) is 6.61 Å². The zero-order chi connectivity index (χ0) is 15.5. The molecule has 2 rings (SSSR count). The molecule has 1 atom stereocenters. The molecule has 0 N–H and O–H groups in total. The molecule has 0 saturated heterocycles. The summed E-state index contributed by atoms with van der Waals surface area (Å²) in [7, 11) is 1.26. The van der Waals surface area contributed by atoms with E-state index in [0.29, 0.717) is 5.56 Å². The predicted octanol–water partition coefficient (Wildman–Crippen LogP) is 1.91. The van der Waals surface area contributed by atoms with Crippen LogP contribution in [0.15, 0.2) is 41.6 Å². The predicted molar refractivity (Wildman–Crippen MR) is 74.1 cm³/mol. The first-order valence-electron chi connectivity index (χ1n) is 5.58. The molecule has 21 heavy (non-hydrogen) atoms. The lowest BCUT2D eigenvalue weighted by molar-refractivity contribution is -0.384. The van der Waals surface area contributed by atoms with Gasteiger partial charge in [-0.05, 0) is 28.9 Å². The van der Waals surface area contributed by atoms with E-state index in [9.17, 15) is 18.5 Å². The second kappa shape index (κ2) is 6.10. The molecule has 0 spiro atoms. The Balaban J connectivity index is 1.89. The van der Waals surface area contributed by atoms with Crippen LogP contribution in [0.2, 0.25) is 0 Å². The summed E-state index contributed by atoms with van der Waals surface area (Å²) in [6, 6.07) is 5.73. The zero-order valence-corrected chi connectivity index (χ0v) is 12.0. The van der Waals surface area contributed by atoms with Crippen LogP contribution in [0.25, 0.3) is 0 Å². The van der Waals surface area contributed by atoms with Gasteiger partial charge in [0.25, 0.3) is 20.6 Å². The topological polar surface area (TPSA) is 108 Å². The molecular weight excluding hydrogens is 324 g/mol. The average Bonchev–Trinajstić information content (AvgIpc) is 2.88. The van der Waals surface area contributed by atoms with Gasteiger partial charge in [0.2, 0.25) is 5.44 Å². The van der Waals surface area contributed by atoms with E-state index >= 15 is 0 Å². The van der Waals surface area contributed by atoms with E-state index in [0.717, 1.165) is 0 Å². The number of non-ortho nitro benzene ring substituents is 1. The van der Waals surface area contributed by atoms with Crippen LogP contribution in [-0.4, -0.2) is 24.7 Å². The fourth-order valence-electron chi connectivity index (χ4n) is 1.45. The first kappa shape index (κ1) is 15.3. The summed E-state index contributed by atoms with van der Waals surface area (Å²) in [6.45, 7) is 0.0526. The molecule has 0 fully saturated rings. The molecule has 0 radical (unpaired) electrons. The number of benzene rings is 1. The maximum atomic E-state index is 11.0. The summed E-state index contributed by atoms with van der Waals surface area (Å²) in [4.78, 5) is 14.9. The van der Waals surface area contributed by atoms with Crippen LogP contribution >= 0.6 is 10.7 Å². The molecule has 10 heteroatoms. The minimum Gasteiger partial charge on any atom is -0.450 e. The highest BCUT2D eigenvalue weighted by molar-refractivity contribution is 8.14. The van der Waals surface area contributed by atoms with Crippen LogP contribution in [0.5, 0.6) is 0 Å². The number of oxime groups is 1. The highest BCUT2D eigenvalue weighted by atomic mass is 35.7. The molecule has 8 nitrogen and oxygen atoms in total. The number of nitrogens with zero attached hydrogens (tertiary/aromatic N) is 2. The molecule has 1 aromatic carbocycles. The minimum absolute atomic E-state index is 0.0221. The third kappa shape index (κ3) is 4.17. The molecule has 1 heterocycles. The summed E-state index contributed by atoms with van der Waals surface area (Å²) >= 11 is 0. The van der Waals surface area contributed by atoms with Crippen molar-refractivity contribution in [2.24, 2.45) is 5.16 Å². The number of hydrogen-bond acceptors (Lipinski definition) is 7. The van der Waals surface area contributed by atoms with Gasteiger partial charge >= 0.3 is 0 Å². The Morgan fingerprint density at radius 2 is 2.05 bits per heavy atom. The SMILES string of the molecule is O=[N+]([O-])c1ccc(CO/N=C2/C=CC(S(=O)(=O)Cl)O2)cc1. The Morgan fingerprint density at radius 3 is 2.57 bits per heavy atom. The fraction of sp³-hybridized carbons (Fsp3) is 0.182. The quantitative estimate of drug-likeness (QED) is 0.463. The largest absolute Gasteiger partial charge is 0.450 e. The fourth-order valence-corrected chi connectivity index (χ4v) is 2.21. The molecule has 0 amide bonds. The van der Waals surface area contributed by atoms with Gasteiger partial charge in [-0.3, -0.25) is 10.1 Å². The van der Waals surface area contributed by atoms with E-state index < -0.39 is 19.4 Å². The van der Waals surface area contributed by atoms with Gasteiger partial charge < -0.3 is 9.57 Å². The average molecular weight is 333 g/mol. The maximum Gasteiger partial charge on any atom is 0.274 e. The number of hydrogen-bond donors (Lipinski definition) is 0. The first-order valence-corrected chi connectivity index (χ1v) is 7.95. The number of ether oxygens (including phenoxy) is 1. The van der Waals surface area contributed by atoms with E-state index in [2.05, 4.69) is 5.16 Å². The molecule has 1 aromatic rings. The van der Waals surface area contributed by atoms with E-state index in [1.54, 1.807) is 0 Å². The molecule has 0 saturated carbocycles. The molecule has 0 bridgehead atoms.